The average Bonchev–Trinajstić information content (AvgIpc) is 2.71. The number of aliphatic hydroxyl groups excluding tert-OH is 1. The molecule has 1 aromatic rings. The van der Waals surface area contributed by atoms with Gasteiger partial charge in [0.2, 0.25) is 0 Å². The van der Waals surface area contributed by atoms with Crippen LogP contribution < -0.4 is 0 Å². The summed E-state index contributed by atoms with van der Waals surface area (Å²) >= 11 is 0. The predicted molar refractivity (Wildman–Crippen MR) is 61.1 cm³/mol. The van der Waals surface area contributed by atoms with Crippen molar-refractivity contribution in [2.24, 2.45) is 0 Å². The normalized spacial score (nSPS) is 12.9. The van der Waals surface area contributed by atoms with Gasteiger partial charge in [0.05, 0.1) is 6.10 Å². The highest BCUT2D eigenvalue weighted by molar-refractivity contribution is 4.87. The van der Waals surface area contributed by atoms with Crippen LogP contribution in [0.15, 0.2) is 6.33 Å². The maximum atomic E-state index is 9.80. The molecule has 0 aliphatic rings. The van der Waals surface area contributed by atoms with Crippen LogP contribution in [0.4, 0.5) is 0 Å². The van der Waals surface area contributed by atoms with Gasteiger partial charge in [-0.2, -0.15) is 5.10 Å². The molecule has 0 aliphatic heterocycles. The molecule has 5 heteroatoms. The average molecular weight is 227 g/mol. The van der Waals surface area contributed by atoms with Crippen molar-refractivity contribution >= 4 is 0 Å². The minimum atomic E-state index is -0.352. The predicted octanol–water partition coefficient (Wildman–Crippen LogP) is 1.02. The van der Waals surface area contributed by atoms with Gasteiger partial charge >= 0.3 is 0 Å². The Morgan fingerprint density at radius 2 is 2.31 bits per heavy atom. The molecule has 1 unspecified atom stereocenters. The van der Waals surface area contributed by atoms with Crippen LogP contribution in [0.5, 0.6) is 0 Å². The SMILES string of the molecule is CCOCCCC(O)Cc1ncnn1CC. The number of aromatic nitrogens is 3. The van der Waals surface area contributed by atoms with E-state index in [0.29, 0.717) is 13.0 Å². The van der Waals surface area contributed by atoms with Gasteiger partial charge in [0, 0.05) is 26.2 Å². The molecule has 0 aromatic carbocycles. The third-order valence-electron chi connectivity index (χ3n) is 2.44. The summed E-state index contributed by atoms with van der Waals surface area (Å²) < 4.78 is 7.03. The number of aliphatic hydroxyl groups is 1. The Balaban J connectivity index is 2.25. The van der Waals surface area contributed by atoms with Crippen molar-refractivity contribution in [2.45, 2.75) is 45.8 Å². The van der Waals surface area contributed by atoms with E-state index in [1.807, 2.05) is 18.5 Å². The molecule has 1 heterocycles. The number of hydrogen-bond donors (Lipinski definition) is 1. The minimum Gasteiger partial charge on any atom is -0.393 e. The first-order valence-electron chi connectivity index (χ1n) is 5.90. The zero-order valence-corrected chi connectivity index (χ0v) is 10.1. The van der Waals surface area contributed by atoms with E-state index in [1.54, 1.807) is 0 Å². The zero-order valence-electron chi connectivity index (χ0n) is 10.1. The lowest BCUT2D eigenvalue weighted by Crippen LogP contribution is -2.16. The molecule has 0 fully saturated rings. The lowest BCUT2D eigenvalue weighted by atomic mass is 10.1. The molecule has 16 heavy (non-hydrogen) atoms. The van der Waals surface area contributed by atoms with Gasteiger partial charge in [-0.25, -0.2) is 4.98 Å². The Hall–Kier alpha value is -0.940. The molecule has 0 saturated carbocycles. The van der Waals surface area contributed by atoms with Crippen LogP contribution in [0.2, 0.25) is 0 Å². The third-order valence-corrected chi connectivity index (χ3v) is 2.44. The number of ether oxygens (including phenoxy) is 1. The summed E-state index contributed by atoms with van der Waals surface area (Å²) in [6.45, 7) is 6.23. The molecular formula is C11H21N3O2. The van der Waals surface area contributed by atoms with E-state index in [4.69, 9.17) is 4.74 Å². The lowest BCUT2D eigenvalue weighted by Gasteiger charge is -2.10. The third kappa shape index (κ3) is 4.28. The van der Waals surface area contributed by atoms with Crippen molar-refractivity contribution in [2.75, 3.05) is 13.2 Å². The fraction of sp³-hybridized carbons (Fsp3) is 0.818. The molecular weight excluding hydrogens is 206 g/mol. The van der Waals surface area contributed by atoms with Crippen LogP contribution in [0.25, 0.3) is 0 Å². The van der Waals surface area contributed by atoms with E-state index < -0.39 is 0 Å². The van der Waals surface area contributed by atoms with E-state index in [2.05, 4.69) is 10.1 Å². The Bertz CT molecular complexity index is 289. The van der Waals surface area contributed by atoms with Crippen LogP contribution in [0.1, 0.15) is 32.5 Å². The summed E-state index contributed by atoms with van der Waals surface area (Å²) in [5.74, 6) is 0.853. The fourth-order valence-corrected chi connectivity index (χ4v) is 1.59. The summed E-state index contributed by atoms with van der Waals surface area (Å²) in [7, 11) is 0. The molecule has 1 rings (SSSR count). The molecule has 0 amide bonds. The molecule has 0 saturated heterocycles. The first-order valence-corrected chi connectivity index (χ1v) is 5.90. The number of rotatable bonds is 8. The van der Waals surface area contributed by atoms with E-state index in [1.165, 1.54) is 6.33 Å². The Kier molecular flexibility index (Phi) is 6.03. The lowest BCUT2D eigenvalue weighted by molar-refractivity contribution is 0.113. The van der Waals surface area contributed by atoms with E-state index >= 15 is 0 Å². The number of aryl methyl sites for hydroxylation is 1. The van der Waals surface area contributed by atoms with Gasteiger partial charge in [-0.05, 0) is 26.7 Å². The largest absolute Gasteiger partial charge is 0.393 e. The van der Waals surface area contributed by atoms with Crippen molar-refractivity contribution in [1.82, 2.24) is 14.8 Å². The number of hydrogen-bond acceptors (Lipinski definition) is 4. The Morgan fingerprint density at radius 3 is 3.00 bits per heavy atom. The topological polar surface area (TPSA) is 60.2 Å². The minimum absolute atomic E-state index is 0.352. The number of nitrogens with zero attached hydrogens (tertiary/aromatic N) is 3. The first kappa shape index (κ1) is 13.1. The monoisotopic (exact) mass is 227 g/mol. The maximum absolute atomic E-state index is 9.80. The standard InChI is InChI=1S/C11H21N3O2/c1-3-14-11(12-9-13-14)8-10(15)6-5-7-16-4-2/h9-10,15H,3-8H2,1-2H3. The molecule has 1 aromatic heterocycles. The first-order chi connectivity index (χ1) is 7.77. The van der Waals surface area contributed by atoms with Crippen molar-refractivity contribution in [3.8, 4) is 0 Å². The second kappa shape index (κ2) is 7.35. The maximum Gasteiger partial charge on any atom is 0.138 e. The molecule has 1 N–H and O–H groups in total. The highest BCUT2D eigenvalue weighted by Gasteiger charge is 2.10. The van der Waals surface area contributed by atoms with Gasteiger partial charge in [0.25, 0.3) is 0 Å². The summed E-state index contributed by atoms with van der Waals surface area (Å²) in [5.41, 5.74) is 0. The van der Waals surface area contributed by atoms with Crippen LogP contribution in [0.3, 0.4) is 0 Å². The van der Waals surface area contributed by atoms with Crippen molar-refractivity contribution in [1.29, 1.82) is 0 Å². The van der Waals surface area contributed by atoms with Gasteiger partial charge < -0.3 is 9.84 Å². The van der Waals surface area contributed by atoms with Crippen molar-refractivity contribution in [3.63, 3.8) is 0 Å². The fourth-order valence-electron chi connectivity index (χ4n) is 1.59. The smallest absolute Gasteiger partial charge is 0.138 e. The second-order valence-corrected chi connectivity index (χ2v) is 3.69. The molecule has 0 aliphatic carbocycles. The summed E-state index contributed by atoms with van der Waals surface area (Å²) in [5, 5.41) is 13.9. The Labute approximate surface area is 96.5 Å². The van der Waals surface area contributed by atoms with Crippen molar-refractivity contribution < 1.29 is 9.84 Å². The highest BCUT2D eigenvalue weighted by atomic mass is 16.5. The van der Waals surface area contributed by atoms with E-state index in [-0.39, 0.29) is 6.10 Å². The molecule has 1 atom stereocenters. The quantitative estimate of drug-likeness (QED) is 0.674. The van der Waals surface area contributed by atoms with Gasteiger partial charge in [0.15, 0.2) is 0 Å². The van der Waals surface area contributed by atoms with Crippen molar-refractivity contribution in [3.05, 3.63) is 12.2 Å². The van der Waals surface area contributed by atoms with Crippen LogP contribution in [-0.4, -0.2) is 39.2 Å². The van der Waals surface area contributed by atoms with E-state index in [0.717, 1.165) is 31.8 Å². The van der Waals surface area contributed by atoms with Crippen LogP contribution in [-0.2, 0) is 17.7 Å². The van der Waals surface area contributed by atoms with Gasteiger partial charge in [0.1, 0.15) is 12.2 Å². The summed E-state index contributed by atoms with van der Waals surface area (Å²) in [6.07, 6.45) is 3.38. The molecule has 92 valence electrons. The molecule has 0 spiro atoms. The van der Waals surface area contributed by atoms with Gasteiger partial charge in [-0.15, -0.1) is 0 Å². The second-order valence-electron chi connectivity index (χ2n) is 3.69. The summed E-state index contributed by atoms with van der Waals surface area (Å²) in [6, 6.07) is 0. The molecule has 0 radical (unpaired) electrons. The van der Waals surface area contributed by atoms with Crippen LogP contribution >= 0.6 is 0 Å². The summed E-state index contributed by atoms with van der Waals surface area (Å²) in [4.78, 5) is 4.13. The molecule has 0 bridgehead atoms. The van der Waals surface area contributed by atoms with Gasteiger partial charge in [-0.3, -0.25) is 4.68 Å². The molecule has 5 nitrogen and oxygen atoms in total. The van der Waals surface area contributed by atoms with Gasteiger partial charge in [-0.1, -0.05) is 0 Å². The zero-order chi connectivity index (χ0) is 11.8. The van der Waals surface area contributed by atoms with E-state index in [9.17, 15) is 5.11 Å². The highest BCUT2D eigenvalue weighted by Crippen LogP contribution is 2.05. The Morgan fingerprint density at radius 1 is 1.50 bits per heavy atom. The van der Waals surface area contributed by atoms with Crippen LogP contribution in [0, 0.1) is 0 Å².